The Labute approximate surface area is 137 Å². The topological polar surface area (TPSA) is 49.9 Å². The first-order chi connectivity index (χ1) is 11.1. The standard InChI is InChI=1S/C18H24N2O3/c1-19(23-2)18(22)16-12-14-10-6-7-11-15(14)20(16)17(21)13-8-4-3-5-9-13/h3-5,8-9,14-16H,6-7,10-12H2,1-2H3/t14-,15+,16-/m0/s1. The van der Waals surface area contributed by atoms with Gasteiger partial charge in [-0.3, -0.25) is 14.4 Å². The molecule has 1 aliphatic carbocycles. The molecule has 3 rings (SSSR count). The molecule has 1 aliphatic heterocycles. The van der Waals surface area contributed by atoms with Crippen LogP contribution in [0.4, 0.5) is 0 Å². The zero-order valence-electron chi connectivity index (χ0n) is 13.8. The summed E-state index contributed by atoms with van der Waals surface area (Å²) in [6, 6.07) is 9.02. The molecular formula is C18H24N2O3. The van der Waals surface area contributed by atoms with Crippen LogP contribution in [-0.2, 0) is 9.63 Å². The lowest BCUT2D eigenvalue weighted by Gasteiger charge is -2.34. The Morgan fingerprint density at radius 2 is 1.87 bits per heavy atom. The minimum Gasteiger partial charge on any atom is -0.323 e. The zero-order chi connectivity index (χ0) is 16.4. The number of nitrogens with zero attached hydrogens (tertiary/aromatic N) is 2. The largest absolute Gasteiger partial charge is 0.323 e. The lowest BCUT2D eigenvalue weighted by molar-refractivity contribution is -0.173. The van der Waals surface area contributed by atoms with Crippen molar-refractivity contribution in [2.75, 3.05) is 14.2 Å². The van der Waals surface area contributed by atoms with Crippen LogP contribution in [0.5, 0.6) is 0 Å². The van der Waals surface area contributed by atoms with E-state index in [2.05, 4.69) is 0 Å². The molecule has 1 aromatic rings. The first-order valence-electron chi connectivity index (χ1n) is 8.33. The molecule has 0 radical (unpaired) electrons. The lowest BCUT2D eigenvalue weighted by atomic mass is 9.84. The SMILES string of the molecule is CON(C)C(=O)[C@@H]1C[C@@H]2CCCC[C@H]2N1C(=O)c1ccccc1. The number of benzene rings is 1. The molecule has 2 amide bonds. The molecule has 1 heterocycles. The van der Waals surface area contributed by atoms with Gasteiger partial charge in [-0.15, -0.1) is 0 Å². The minimum atomic E-state index is -0.416. The third kappa shape index (κ3) is 2.98. The maximum Gasteiger partial charge on any atom is 0.268 e. The van der Waals surface area contributed by atoms with Crippen molar-refractivity contribution < 1.29 is 14.4 Å². The molecule has 124 valence electrons. The molecule has 0 unspecified atom stereocenters. The molecule has 5 nitrogen and oxygen atoms in total. The average molecular weight is 316 g/mol. The van der Waals surface area contributed by atoms with Gasteiger partial charge >= 0.3 is 0 Å². The van der Waals surface area contributed by atoms with Gasteiger partial charge in [0.05, 0.1) is 7.11 Å². The van der Waals surface area contributed by atoms with Crippen LogP contribution < -0.4 is 0 Å². The van der Waals surface area contributed by atoms with Crippen LogP contribution in [0.1, 0.15) is 42.5 Å². The highest BCUT2D eigenvalue weighted by Crippen LogP contribution is 2.40. The molecule has 5 heteroatoms. The van der Waals surface area contributed by atoms with Crippen molar-refractivity contribution in [2.45, 2.75) is 44.2 Å². The molecule has 0 spiro atoms. The fraction of sp³-hybridized carbons (Fsp3) is 0.556. The van der Waals surface area contributed by atoms with Crippen LogP contribution >= 0.6 is 0 Å². The van der Waals surface area contributed by atoms with Crippen LogP contribution in [0.3, 0.4) is 0 Å². The smallest absolute Gasteiger partial charge is 0.268 e. The Kier molecular flexibility index (Phi) is 4.66. The van der Waals surface area contributed by atoms with Crippen LogP contribution in [0.15, 0.2) is 30.3 Å². The summed E-state index contributed by atoms with van der Waals surface area (Å²) in [4.78, 5) is 32.6. The Morgan fingerprint density at radius 3 is 2.57 bits per heavy atom. The number of likely N-dealkylation sites (tertiary alicyclic amines) is 1. The van der Waals surface area contributed by atoms with E-state index < -0.39 is 6.04 Å². The quantitative estimate of drug-likeness (QED) is 0.805. The van der Waals surface area contributed by atoms with E-state index in [0.29, 0.717) is 11.5 Å². The van der Waals surface area contributed by atoms with Gasteiger partial charge in [0.1, 0.15) is 6.04 Å². The summed E-state index contributed by atoms with van der Waals surface area (Å²) in [5.74, 6) is 0.254. The molecule has 1 saturated heterocycles. The second kappa shape index (κ2) is 6.71. The van der Waals surface area contributed by atoms with Gasteiger partial charge in [0.2, 0.25) is 0 Å². The second-order valence-electron chi connectivity index (χ2n) is 6.46. The third-order valence-corrected chi connectivity index (χ3v) is 5.21. The number of rotatable bonds is 3. The molecule has 2 aliphatic rings. The number of carbonyl (C=O) groups is 2. The molecule has 3 atom stereocenters. The summed E-state index contributed by atoms with van der Waals surface area (Å²) in [5.41, 5.74) is 0.650. The van der Waals surface area contributed by atoms with Crippen molar-refractivity contribution in [2.24, 2.45) is 5.92 Å². The van der Waals surface area contributed by atoms with E-state index in [1.807, 2.05) is 35.2 Å². The fourth-order valence-electron chi connectivity index (χ4n) is 4.00. The first-order valence-corrected chi connectivity index (χ1v) is 8.33. The highest BCUT2D eigenvalue weighted by molar-refractivity contribution is 5.98. The molecule has 1 aromatic carbocycles. The van der Waals surface area contributed by atoms with E-state index in [1.54, 1.807) is 7.05 Å². The van der Waals surface area contributed by atoms with E-state index in [1.165, 1.54) is 18.6 Å². The molecule has 2 fully saturated rings. The number of hydroxylamine groups is 2. The summed E-state index contributed by atoms with van der Waals surface area (Å²) in [7, 11) is 3.08. The predicted molar refractivity (Wildman–Crippen MR) is 86.5 cm³/mol. The van der Waals surface area contributed by atoms with Crippen LogP contribution in [-0.4, -0.2) is 48.0 Å². The average Bonchev–Trinajstić information content (AvgIpc) is 2.99. The summed E-state index contributed by atoms with van der Waals surface area (Å²) < 4.78 is 0. The Balaban J connectivity index is 1.91. The Morgan fingerprint density at radius 1 is 1.17 bits per heavy atom. The van der Waals surface area contributed by atoms with Gasteiger partial charge in [-0.25, -0.2) is 5.06 Å². The van der Waals surface area contributed by atoms with Crippen LogP contribution in [0.2, 0.25) is 0 Å². The summed E-state index contributed by atoms with van der Waals surface area (Å²) in [6.45, 7) is 0. The summed E-state index contributed by atoms with van der Waals surface area (Å²) >= 11 is 0. The highest BCUT2D eigenvalue weighted by atomic mass is 16.7. The summed E-state index contributed by atoms with van der Waals surface area (Å²) in [6.07, 6.45) is 5.15. The first kappa shape index (κ1) is 16.0. The Hall–Kier alpha value is -1.88. The minimum absolute atomic E-state index is 0.0390. The monoisotopic (exact) mass is 316 g/mol. The van der Waals surface area contributed by atoms with E-state index >= 15 is 0 Å². The van der Waals surface area contributed by atoms with Gasteiger partial charge in [-0.2, -0.15) is 0 Å². The number of hydrogen-bond donors (Lipinski definition) is 0. The maximum absolute atomic E-state index is 13.0. The van der Waals surface area contributed by atoms with E-state index in [0.717, 1.165) is 25.7 Å². The number of carbonyl (C=O) groups excluding carboxylic acids is 2. The summed E-state index contributed by atoms with van der Waals surface area (Å²) in [5, 5.41) is 1.24. The van der Waals surface area contributed by atoms with Gasteiger partial charge in [-0.1, -0.05) is 31.0 Å². The van der Waals surface area contributed by atoms with Crippen molar-refractivity contribution in [1.82, 2.24) is 9.96 Å². The maximum atomic E-state index is 13.0. The number of hydrogen-bond acceptors (Lipinski definition) is 3. The zero-order valence-corrected chi connectivity index (χ0v) is 13.8. The molecule has 0 aromatic heterocycles. The molecule has 0 N–H and O–H groups in total. The fourth-order valence-corrected chi connectivity index (χ4v) is 4.00. The number of likely N-dealkylation sites (N-methyl/N-ethyl adjacent to an activating group) is 1. The molecule has 23 heavy (non-hydrogen) atoms. The van der Waals surface area contributed by atoms with Gasteiger partial charge in [-0.05, 0) is 37.3 Å². The van der Waals surface area contributed by atoms with Gasteiger partial charge in [0.15, 0.2) is 0 Å². The predicted octanol–water partition coefficient (Wildman–Crippen LogP) is 2.48. The van der Waals surface area contributed by atoms with Gasteiger partial charge in [0, 0.05) is 18.7 Å². The molecule has 1 saturated carbocycles. The number of amides is 2. The van der Waals surface area contributed by atoms with Crippen molar-refractivity contribution in [3.05, 3.63) is 35.9 Å². The van der Waals surface area contributed by atoms with Crippen molar-refractivity contribution in [3.8, 4) is 0 Å². The lowest BCUT2D eigenvalue weighted by Crippen LogP contribution is -2.49. The Bertz CT molecular complexity index is 575. The number of fused-ring (bicyclic) bond motifs is 1. The van der Waals surface area contributed by atoms with E-state index in [9.17, 15) is 9.59 Å². The van der Waals surface area contributed by atoms with E-state index in [-0.39, 0.29) is 17.9 Å². The van der Waals surface area contributed by atoms with Crippen molar-refractivity contribution >= 4 is 11.8 Å². The highest BCUT2D eigenvalue weighted by Gasteiger charge is 2.48. The van der Waals surface area contributed by atoms with Crippen molar-refractivity contribution in [3.63, 3.8) is 0 Å². The van der Waals surface area contributed by atoms with Gasteiger partial charge in [0.25, 0.3) is 11.8 Å². The van der Waals surface area contributed by atoms with Gasteiger partial charge < -0.3 is 4.90 Å². The second-order valence-corrected chi connectivity index (χ2v) is 6.46. The van der Waals surface area contributed by atoms with Crippen LogP contribution in [0, 0.1) is 5.92 Å². The molecular weight excluding hydrogens is 292 g/mol. The third-order valence-electron chi connectivity index (χ3n) is 5.21. The normalized spacial score (nSPS) is 26.7. The van der Waals surface area contributed by atoms with Crippen LogP contribution in [0.25, 0.3) is 0 Å². The van der Waals surface area contributed by atoms with E-state index in [4.69, 9.17) is 4.84 Å². The molecule has 0 bridgehead atoms. The van der Waals surface area contributed by atoms with Crippen molar-refractivity contribution in [1.29, 1.82) is 0 Å².